The van der Waals surface area contributed by atoms with Crippen molar-refractivity contribution in [3.8, 4) is 0 Å². The van der Waals surface area contributed by atoms with Crippen LogP contribution < -0.4 is 5.32 Å². The summed E-state index contributed by atoms with van der Waals surface area (Å²) in [5.41, 5.74) is 3.26. The smallest absolute Gasteiger partial charge is 0.336 e. The van der Waals surface area contributed by atoms with Crippen molar-refractivity contribution in [2.75, 3.05) is 12.4 Å². The monoisotopic (exact) mass is 410 g/mol. The third kappa shape index (κ3) is 3.26. The van der Waals surface area contributed by atoms with Crippen molar-refractivity contribution in [3.05, 3.63) is 62.5 Å². The van der Waals surface area contributed by atoms with Gasteiger partial charge in [0, 0.05) is 35.9 Å². The second kappa shape index (κ2) is 7.93. The van der Waals surface area contributed by atoms with Gasteiger partial charge in [-0.15, -0.1) is 0 Å². The van der Waals surface area contributed by atoms with Gasteiger partial charge in [0.15, 0.2) is 0 Å². The van der Waals surface area contributed by atoms with Gasteiger partial charge in [-0.1, -0.05) is 37.5 Å². The number of benzene rings is 1. The fraction of sp³-hybridized carbons (Fsp3) is 0.455. The summed E-state index contributed by atoms with van der Waals surface area (Å²) in [6.07, 6.45) is 5.55. The van der Waals surface area contributed by atoms with E-state index in [0.29, 0.717) is 16.8 Å². The van der Waals surface area contributed by atoms with Crippen LogP contribution >= 0.6 is 0 Å². The van der Waals surface area contributed by atoms with Gasteiger partial charge in [-0.05, 0) is 19.8 Å². The molecule has 0 bridgehead atoms. The van der Waals surface area contributed by atoms with E-state index in [2.05, 4.69) is 5.32 Å². The first-order chi connectivity index (χ1) is 14.4. The molecule has 1 aromatic carbocycles. The first kappa shape index (κ1) is 20.1. The number of nitrogens with zero attached hydrogens (tertiary/aromatic N) is 3. The van der Waals surface area contributed by atoms with Crippen LogP contribution in [-0.4, -0.2) is 27.8 Å². The lowest BCUT2D eigenvalue weighted by molar-refractivity contribution is -0.385. The Hall–Kier alpha value is -3.16. The molecule has 0 saturated heterocycles. The second-order valence-electron chi connectivity index (χ2n) is 8.01. The topological polar surface area (TPSA) is 99.3 Å². The van der Waals surface area contributed by atoms with Crippen LogP contribution in [0.15, 0.2) is 35.5 Å². The predicted octanol–water partition coefficient (Wildman–Crippen LogP) is 4.38. The summed E-state index contributed by atoms with van der Waals surface area (Å²) in [5, 5.41) is 20.0. The Bertz CT molecular complexity index is 1030. The van der Waals surface area contributed by atoms with Crippen LogP contribution in [0.3, 0.4) is 0 Å². The van der Waals surface area contributed by atoms with Crippen LogP contribution in [-0.2, 0) is 16.6 Å². The number of esters is 1. The van der Waals surface area contributed by atoms with Crippen LogP contribution in [0.1, 0.15) is 67.7 Å². The molecule has 1 N–H and O–H groups in total. The second-order valence-corrected chi connectivity index (χ2v) is 8.01. The van der Waals surface area contributed by atoms with E-state index in [4.69, 9.17) is 9.84 Å². The molecule has 2 heterocycles. The number of nitro benzene ring substituents is 1. The molecule has 0 spiro atoms. The first-order valence-electron chi connectivity index (χ1n) is 10.3. The molecule has 8 nitrogen and oxygen atoms in total. The lowest BCUT2D eigenvalue weighted by Crippen LogP contribution is -2.25. The van der Waals surface area contributed by atoms with Gasteiger partial charge in [-0.25, -0.2) is 4.79 Å². The number of fused-ring (bicyclic) bond motifs is 1. The average molecular weight is 410 g/mol. The molecule has 1 aliphatic carbocycles. The number of anilines is 1. The Morgan fingerprint density at radius 1 is 1.27 bits per heavy atom. The van der Waals surface area contributed by atoms with Crippen molar-refractivity contribution >= 4 is 17.5 Å². The molecular weight excluding hydrogens is 384 g/mol. The minimum absolute atomic E-state index is 0.0111. The fourth-order valence-electron chi connectivity index (χ4n) is 4.87. The molecule has 1 aliphatic heterocycles. The SMILES string of the molecule is COC(=O)C1=C(C)Nc2c(c(C3CCCCC3)nn2C)C1c1ccccc1[N+](=O)[O-]. The fourth-order valence-corrected chi connectivity index (χ4v) is 4.87. The van der Waals surface area contributed by atoms with E-state index >= 15 is 0 Å². The Morgan fingerprint density at radius 3 is 2.63 bits per heavy atom. The van der Waals surface area contributed by atoms with Crippen LogP contribution in [0.25, 0.3) is 0 Å². The number of nitrogens with one attached hydrogen (secondary N) is 1. The van der Waals surface area contributed by atoms with E-state index in [1.54, 1.807) is 29.8 Å². The molecule has 30 heavy (non-hydrogen) atoms. The number of methoxy groups -OCH3 is 1. The average Bonchev–Trinajstić information content (AvgIpc) is 3.09. The number of para-hydroxylation sites is 1. The van der Waals surface area contributed by atoms with Crippen LogP contribution in [0, 0.1) is 10.1 Å². The van der Waals surface area contributed by atoms with E-state index in [0.717, 1.165) is 42.8 Å². The number of nitro groups is 1. The molecule has 4 rings (SSSR count). The normalized spacial score (nSPS) is 19.2. The molecule has 1 fully saturated rings. The summed E-state index contributed by atoms with van der Waals surface area (Å²) >= 11 is 0. The van der Waals surface area contributed by atoms with E-state index in [9.17, 15) is 14.9 Å². The number of aromatic nitrogens is 2. The minimum Gasteiger partial charge on any atom is -0.466 e. The summed E-state index contributed by atoms with van der Waals surface area (Å²) in [7, 11) is 3.20. The highest BCUT2D eigenvalue weighted by Gasteiger charge is 2.41. The molecule has 1 unspecified atom stereocenters. The number of ether oxygens (including phenoxy) is 1. The van der Waals surface area contributed by atoms with Crippen molar-refractivity contribution in [2.45, 2.75) is 50.9 Å². The molecule has 2 aliphatic rings. The molecule has 2 aromatic rings. The van der Waals surface area contributed by atoms with Crippen LogP contribution in [0.2, 0.25) is 0 Å². The lowest BCUT2D eigenvalue weighted by Gasteiger charge is -2.30. The molecule has 0 radical (unpaired) electrons. The van der Waals surface area contributed by atoms with Crippen molar-refractivity contribution in [3.63, 3.8) is 0 Å². The summed E-state index contributed by atoms with van der Waals surface area (Å²) in [4.78, 5) is 24.3. The molecule has 1 saturated carbocycles. The van der Waals surface area contributed by atoms with Crippen LogP contribution in [0.5, 0.6) is 0 Å². The van der Waals surface area contributed by atoms with E-state index in [1.807, 2.05) is 7.05 Å². The number of hydrogen-bond donors (Lipinski definition) is 1. The number of hydrogen-bond acceptors (Lipinski definition) is 6. The number of carbonyl (C=O) groups is 1. The van der Waals surface area contributed by atoms with Gasteiger partial charge in [0.25, 0.3) is 5.69 Å². The van der Waals surface area contributed by atoms with Crippen molar-refractivity contribution in [1.29, 1.82) is 0 Å². The van der Waals surface area contributed by atoms with E-state index < -0.39 is 16.8 Å². The zero-order valence-electron chi connectivity index (χ0n) is 17.5. The minimum atomic E-state index is -0.610. The third-order valence-electron chi connectivity index (χ3n) is 6.24. The highest BCUT2D eigenvalue weighted by molar-refractivity contribution is 5.95. The van der Waals surface area contributed by atoms with Gasteiger partial charge in [0.2, 0.25) is 0 Å². The Morgan fingerprint density at radius 2 is 1.97 bits per heavy atom. The zero-order valence-corrected chi connectivity index (χ0v) is 17.5. The molecule has 8 heteroatoms. The van der Waals surface area contributed by atoms with E-state index in [1.165, 1.54) is 19.6 Å². The lowest BCUT2D eigenvalue weighted by atomic mass is 9.76. The highest BCUT2D eigenvalue weighted by Crippen LogP contribution is 2.49. The maximum absolute atomic E-state index is 12.8. The maximum atomic E-state index is 12.8. The number of carbonyl (C=O) groups excluding carboxylic acids is 1. The van der Waals surface area contributed by atoms with Gasteiger partial charge >= 0.3 is 5.97 Å². The summed E-state index contributed by atoms with van der Waals surface area (Å²) < 4.78 is 6.88. The van der Waals surface area contributed by atoms with Crippen molar-refractivity contribution in [2.24, 2.45) is 7.05 Å². The largest absolute Gasteiger partial charge is 0.466 e. The molecule has 1 aromatic heterocycles. The van der Waals surface area contributed by atoms with Crippen molar-refractivity contribution < 1.29 is 14.5 Å². The molecular formula is C22H26N4O4. The summed E-state index contributed by atoms with van der Waals surface area (Å²) in [6, 6.07) is 6.62. The molecule has 0 amide bonds. The number of aryl methyl sites for hydroxylation is 1. The maximum Gasteiger partial charge on any atom is 0.336 e. The van der Waals surface area contributed by atoms with Crippen molar-refractivity contribution in [1.82, 2.24) is 9.78 Å². The predicted molar refractivity (Wildman–Crippen MR) is 112 cm³/mol. The Labute approximate surface area is 175 Å². The summed E-state index contributed by atoms with van der Waals surface area (Å²) in [5.74, 6) is -0.0462. The molecule has 1 atom stereocenters. The van der Waals surface area contributed by atoms with Gasteiger partial charge in [-0.3, -0.25) is 14.8 Å². The summed E-state index contributed by atoms with van der Waals surface area (Å²) in [6.45, 7) is 1.80. The first-order valence-corrected chi connectivity index (χ1v) is 10.3. The van der Waals surface area contributed by atoms with Gasteiger partial charge in [0.05, 0.1) is 29.2 Å². The van der Waals surface area contributed by atoms with Crippen LogP contribution in [0.4, 0.5) is 11.5 Å². The van der Waals surface area contributed by atoms with Gasteiger partial charge < -0.3 is 10.1 Å². The van der Waals surface area contributed by atoms with Gasteiger partial charge in [-0.2, -0.15) is 5.10 Å². The third-order valence-corrected chi connectivity index (χ3v) is 6.24. The number of allylic oxidation sites excluding steroid dienone is 1. The highest BCUT2D eigenvalue weighted by atomic mass is 16.6. The zero-order chi connectivity index (χ0) is 21.4. The van der Waals surface area contributed by atoms with Gasteiger partial charge in [0.1, 0.15) is 5.82 Å². The standard InChI is InChI=1S/C22H26N4O4/c1-13-17(22(27)30-3)18(15-11-7-8-12-16(15)26(28)29)19-20(14-9-5-4-6-10-14)24-25(2)21(19)23-13/h7-8,11-12,14,18,23H,4-6,9-10H2,1-3H3. The Kier molecular flexibility index (Phi) is 5.32. The van der Waals surface area contributed by atoms with E-state index in [-0.39, 0.29) is 11.6 Å². The Balaban J connectivity index is 1.98. The number of rotatable bonds is 4. The quantitative estimate of drug-likeness (QED) is 0.456. The molecule has 158 valence electrons.